The lowest BCUT2D eigenvalue weighted by molar-refractivity contribution is 0.145. The van der Waals surface area contributed by atoms with Gasteiger partial charge in [0.25, 0.3) is 0 Å². The van der Waals surface area contributed by atoms with Crippen molar-refractivity contribution in [2.45, 2.75) is 40.7 Å². The maximum Gasteiger partial charge on any atom is 0.231 e. The Hall–Kier alpha value is -8.47. The second-order valence-corrected chi connectivity index (χ2v) is 22.1. The minimum atomic E-state index is 0.685. The van der Waals surface area contributed by atoms with Gasteiger partial charge in [-0.15, -0.1) is 30.6 Å². The molecule has 82 heavy (non-hydrogen) atoms. The van der Waals surface area contributed by atoms with Crippen LogP contribution < -0.4 is 4.90 Å². The molecule has 15 rings (SSSR count). The van der Waals surface area contributed by atoms with Gasteiger partial charge in [0.05, 0.1) is 6.54 Å². The topological polar surface area (TPSA) is 188 Å². The third-order valence-electron chi connectivity index (χ3n) is 16.1. The molecule has 21 nitrogen and oxygen atoms in total. The van der Waals surface area contributed by atoms with Gasteiger partial charge in [-0.3, -0.25) is 18.1 Å². The van der Waals surface area contributed by atoms with Gasteiger partial charge in [0, 0.05) is 131 Å². The van der Waals surface area contributed by atoms with Gasteiger partial charge in [-0.05, 0) is 134 Å². The summed E-state index contributed by atoms with van der Waals surface area (Å²) in [5.74, 6) is 4.96. The van der Waals surface area contributed by atoms with E-state index in [1.807, 2.05) is 63.2 Å². The van der Waals surface area contributed by atoms with Crippen molar-refractivity contribution in [2.75, 3.05) is 111 Å². The number of hydrogen-bond acceptors (Lipinski definition) is 18. The van der Waals surface area contributed by atoms with Gasteiger partial charge in [-0.25, -0.2) is 15.0 Å². The molecule has 0 unspecified atom stereocenters. The van der Waals surface area contributed by atoms with E-state index in [9.17, 15) is 0 Å². The lowest BCUT2D eigenvalue weighted by atomic mass is 10.1. The van der Waals surface area contributed by atoms with Gasteiger partial charge >= 0.3 is 0 Å². The molecule has 420 valence electrons. The van der Waals surface area contributed by atoms with Gasteiger partial charge < -0.3 is 37.8 Å². The van der Waals surface area contributed by atoms with Crippen LogP contribution in [-0.4, -0.2) is 189 Å². The maximum atomic E-state index is 5.71. The predicted octanol–water partition coefficient (Wildman–Crippen LogP) is 8.14. The van der Waals surface area contributed by atoms with E-state index in [1.54, 1.807) is 0 Å². The molecule has 0 atom stereocenters. The summed E-state index contributed by atoms with van der Waals surface area (Å²) in [5, 5.41) is 26.4. The molecule has 3 saturated heterocycles. The minimum absolute atomic E-state index is 0.685. The number of pyridine rings is 3. The molecule has 0 amide bonds. The second kappa shape index (κ2) is 22.5. The molecule has 0 bridgehead atoms. The van der Waals surface area contributed by atoms with Crippen molar-refractivity contribution in [3.63, 3.8) is 0 Å². The first-order valence-electron chi connectivity index (χ1n) is 28.3. The molecule has 0 spiro atoms. The van der Waals surface area contributed by atoms with Gasteiger partial charge in [-0.2, -0.15) is 0 Å². The van der Waals surface area contributed by atoms with E-state index in [2.05, 4.69) is 177 Å². The molecule has 21 heteroatoms. The van der Waals surface area contributed by atoms with E-state index in [1.165, 1.54) is 0 Å². The van der Waals surface area contributed by atoms with Crippen LogP contribution in [0.2, 0.25) is 0 Å². The summed E-state index contributed by atoms with van der Waals surface area (Å²) in [6.07, 6.45) is 7.26. The van der Waals surface area contributed by atoms with Gasteiger partial charge in [0.2, 0.25) is 5.95 Å². The number of anilines is 1. The highest BCUT2D eigenvalue weighted by Crippen LogP contribution is 2.30. The highest BCUT2D eigenvalue weighted by Gasteiger charge is 2.22. The Morgan fingerprint density at radius 1 is 0.402 bits per heavy atom. The van der Waals surface area contributed by atoms with E-state index in [-0.39, 0.29) is 0 Å². The van der Waals surface area contributed by atoms with E-state index in [0.717, 1.165) is 205 Å². The lowest BCUT2D eigenvalue weighted by Gasteiger charge is -2.32. The fourth-order valence-electron chi connectivity index (χ4n) is 11.2. The summed E-state index contributed by atoms with van der Waals surface area (Å²) >= 11 is 0. The number of likely N-dealkylation sites (N-methyl/N-ethyl adjacent to an activating group) is 3. The van der Waals surface area contributed by atoms with Crippen molar-refractivity contribution < 1.29 is 13.3 Å². The largest absolute Gasteiger partial charge is 0.441 e. The van der Waals surface area contributed by atoms with Crippen molar-refractivity contribution in [2.24, 2.45) is 0 Å². The zero-order valence-corrected chi connectivity index (χ0v) is 47.7. The highest BCUT2D eigenvalue weighted by molar-refractivity contribution is 5.83. The molecule has 0 saturated carbocycles. The van der Waals surface area contributed by atoms with Crippen LogP contribution in [0.3, 0.4) is 0 Å². The van der Waals surface area contributed by atoms with Crippen molar-refractivity contribution in [3.8, 4) is 33.4 Å². The molecule has 3 aliphatic heterocycles. The first kappa shape index (κ1) is 52.9. The average Bonchev–Trinajstić information content (AvgIpc) is 4.47. The molecule has 9 aromatic heterocycles. The third-order valence-corrected chi connectivity index (χ3v) is 16.1. The van der Waals surface area contributed by atoms with Crippen molar-refractivity contribution in [1.82, 2.24) is 83.2 Å². The lowest BCUT2D eigenvalue weighted by Crippen LogP contribution is -2.45. The number of piperazine rings is 3. The van der Waals surface area contributed by atoms with E-state index in [4.69, 9.17) is 13.3 Å². The molecule has 0 N–H and O–H groups in total. The van der Waals surface area contributed by atoms with Crippen LogP contribution >= 0.6 is 0 Å². The average molecular weight is 1100 g/mol. The summed E-state index contributed by atoms with van der Waals surface area (Å²) in [6, 6.07) is 28.8. The number of aryl methyl sites for hydroxylation is 4. The Kier molecular flexibility index (Phi) is 14.5. The monoisotopic (exact) mass is 1100 g/mol. The van der Waals surface area contributed by atoms with E-state index >= 15 is 0 Å². The quantitative estimate of drug-likeness (QED) is 0.135. The van der Waals surface area contributed by atoms with Crippen LogP contribution in [-0.2, 0) is 13.0 Å². The Morgan fingerprint density at radius 2 is 0.841 bits per heavy atom. The zero-order chi connectivity index (χ0) is 56.0. The number of nitrogens with zero attached hydrogens (tertiary/aromatic N) is 18. The van der Waals surface area contributed by atoms with Crippen molar-refractivity contribution in [3.05, 3.63) is 138 Å². The summed E-state index contributed by atoms with van der Waals surface area (Å²) in [5.41, 5.74) is 15.5. The van der Waals surface area contributed by atoms with Gasteiger partial charge in [0.1, 0.15) is 22.4 Å². The number of fused-ring (bicyclic) bond motifs is 6. The van der Waals surface area contributed by atoms with E-state index < -0.39 is 0 Å². The molecule has 0 aliphatic carbocycles. The second-order valence-electron chi connectivity index (χ2n) is 22.1. The number of benzene rings is 3. The number of aromatic nitrogens is 12. The smallest absolute Gasteiger partial charge is 0.231 e. The predicted molar refractivity (Wildman–Crippen MR) is 317 cm³/mol. The van der Waals surface area contributed by atoms with Crippen LogP contribution in [0.4, 0.5) is 5.95 Å². The minimum Gasteiger partial charge on any atom is -0.441 e. The number of hydrogen-bond donors (Lipinski definition) is 0. The number of rotatable bonds is 9. The van der Waals surface area contributed by atoms with Crippen LogP contribution in [0.1, 0.15) is 34.9 Å². The Labute approximate surface area is 474 Å². The normalized spacial score (nSPS) is 16.3. The van der Waals surface area contributed by atoms with E-state index in [0.29, 0.717) is 17.7 Å². The fourth-order valence-corrected chi connectivity index (χ4v) is 11.2. The molecular formula is C61H68N18O3. The number of oxazole rings is 3. The molecule has 3 aliphatic rings. The Balaban J connectivity index is 0.000000115. The molecule has 3 aromatic carbocycles. The Morgan fingerprint density at radius 3 is 1.37 bits per heavy atom. The van der Waals surface area contributed by atoms with Crippen LogP contribution in [0.15, 0.2) is 117 Å². The van der Waals surface area contributed by atoms with Gasteiger partial charge in [-0.1, -0.05) is 18.2 Å². The highest BCUT2D eigenvalue weighted by atomic mass is 16.4. The first-order valence-corrected chi connectivity index (χ1v) is 28.3. The summed E-state index contributed by atoms with van der Waals surface area (Å²) in [6.45, 7) is 22.3. The van der Waals surface area contributed by atoms with Crippen molar-refractivity contribution in [1.29, 1.82) is 0 Å². The molecule has 12 heterocycles. The maximum absolute atomic E-state index is 5.71. The van der Waals surface area contributed by atoms with Crippen LogP contribution in [0, 0.1) is 27.7 Å². The van der Waals surface area contributed by atoms with Crippen LogP contribution in [0.5, 0.6) is 0 Å². The summed E-state index contributed by atoms with van der Waals surface area (Å²) in [7, 11) is 6.51. The Bertz CT molecular complexity index is 4220. The van der Waals surface area contributed by atoms with Crippen LogP contribution in [0.25, 0.3) is 83.6 Å². The molecule has 3 fully saturated rings. The molecular weight excluding hydrogens is 1030 g/mol. The fraction of sp³-hybridized carbons (Fsp3) is 0.361. The SMILES string of the molecule is Cc1nc2ccc(-c3cc(C)c4nnc(N5CCN(C)CC5)n4c3)cc2o1.Cc1nc2ccc(-c3ccc4nnc(CCN5CCN(C)CC5)n4c3)cc2o1.Cc1nc2ccc(-c3ccc4nnc(CN5CCN(C)CC5)n4c3)cc2o1. The van der Waals surface area contributed by atoms with Gasteiger partial charge in [0.15, 0.2) is 57.2 Å². The first-order chi connectivity index (χ1) is 39.9. The van der Waals surface area contributed by atoms with Crippen molar-refractivity contribution >= 4 is 56.2 Å². The zero-order valence-electron chi connectivity index (χ0n) is 47.7. The summed E-state index contributed by atoms with van der Waals surface area (Å²) in [4.78, 5) is 27.5. The standard InChI is InChI=1S/C21H24N6O.2C20H22N6O/c1-15-22-18-5-3-16(13-19(18)28-15)17-4-6-20-23-24-21(27(20)14-17)7-8-26-11-9-25(2)10-12-26;1-13-10-16(15-4-5-17-18(11-15)27-14(2)21-17)12-26-19(13)22-23-20(26)25-8-6-24(3)7-9-25;1-14-21-17-5-3-15(11-18(17)27-14)16-4-6-19-22-23-20(26(19)12-16)13-25-9-7-24(2)8-10-25/h3-6,13-14H,7-12H2,1-2H3;4-5,10-12H,6-9H2,1-3H3;3-6,11-12H,7-10,13H2,1-2H3. The summed E-state index contributed by atoms with van der Waals surface area (Å²) < 4.78 is 23.4. The molecule has 12 aromatic rings. The third kappa shape index (κ3) is 11.2. The molecule has 0 radical (unpaired) electrons.